The maximum absolute atomic E-state index is 12.7. The molecule has 4 rings (SSSR count). The first kappa shape index (κ1) is 20.1. The lowest BCUT2D eigenvalue weighted by molar-refractivity contribution is 0.101. The predicted octanol–water partition coefficient (Wildman–Crippen LogP) is 5.02. The van der Waals surface area contributed by atoms with Gasteiger partial charge in [0.2, 0.25) is 0 Å². The van der Waals surface area contributed by atoms with E-state index in [2.05, 4.69) is 38.3 Å². The molecular weight excluding hydrogens is 428 g/mol. The van der Waals surface area contributed by atoms with Gasteiger partial charge in [-0.25, -0.2) is 0 Å². The SMILES string of the molecule is CC(=O)c1cc(Br)cc(C(=O)Nc2ccc3c(c2)C2CCCN2CC3)c1.Cl. The second kappa shape index (κ2) is 8.13. The highest BCUT2D eigenvalue weighted by molar-refractivity contribution is 9.10. The minimum atomic E-state index is -0.201. The van der Waals surface area contributed by atoms with E-state index >= 15 is 0 Å². The molecule has 1 saturated heterocycles. The van der Waals surface area contributed by atoms with Crippen LogP contribution in [0.5, 0.6) is 0 Å². The van der Waals surface area contributed by atoms with E-state index in [-0.39, 0.29) is 24.1 Å². The summed E-state index contributed by atoms with van der Waals surface area (Å²) in [5.74, 6) is -0.261. The molecule has 2 aliphatic rings. The van der Waals surface area contributed by atoms with E-state index in [9.17, 15) is 9.59 Å². The Kier molecular flexibility index (Phi) is 6.04. The van der Waals surface area contributed by atoms with E-state index in [1.807, 2.05) is 6.07 Å². The first-order valence-corrected chi connectivity index (χ1v) is 9.80. The number of rotatable bonds is 3. The molecule has 0 spiro atoms. The maximum Gasteiger partial charge on any atom is 0.255 e. The Hall–Kier alpha value is -1.69. The quantitative estimate of drug-likeness (QED) is 0.669. The number of Topliss-reactive ketones (excluding diaryl/α,β-unsaturated/α-hetero) is 1. The van der Waals surface area contributed by atoms with Crippen molar-refractivity contribution in [3.63, 3.8) is 0 Å². The van der Waals surface area contributed by atoms with Crippen molar-refractivity contribution >= 4 is 45.7 Å². The van der Waals surface area contributed by atoms with Gasteiger partial charge in [0.15, 0.2) is 5.78 Å². The molecule has 2 aliphatic heterocycles. The molecule has 6 heteroatoms. The van der Waals surface area contributed by atoms with Gasteiger partial charge in [0.05, 0.1) is 0 Å². The highest BCUT2D eigenvalue weighted by atomic mass is 79.9. The highest BCUT2D eigenvalue weighted by Gasteiger charge is 2.31. The second-order valence-electron chi connectivity index (χ2n) is 7.10. The van der Waals surface area contributed by atoms with Crippen LogP contribution in [0.1, 0.15) is 57.7 Å². The zero-order valence-corrected chi connectivity index (χ0v) is 17.5. The molecule has 1 N–H and O–H groups in total. The molecule has 0 aliphatic carbocycles. The number of nitrogens with one attached hydrogen (secondary N) is 1. The van der Waals surface area contributed by atoms with E-state index in [4.69, 9.17) is 0 Å². The van der Waals surface area contributed by atoms with Gasteiger partial charge in [-0.3, -0.25) is 14.5 Å². The number of hydrogen-bond acceptors (Lipinski definition) is 3. The monoisotopic (exact) mass is 448 g/mol. The van der Waals surface area contributed by atoms with Crippen LogP contribution in [0.3, 0.4) is 0 Å². The fraction of sp³-hybridized carbons (Fsp3) is 0.333. The third-order valence-electron chi connectivity index (χ3n) is 5.36. The zero-order valence-electron chi connectivity index (χ0n) is 15.1. The number of hydrogen-bond donors (Lipinski definition) is 1. The molecule has 0 radical (unpaired) electrons. The third-order valence-corrected chi connectivity index (χ3v) is 5.82. The lowest BCUT2D eigenvalue weighted by Crippen LogP contribution is -2.31. The molecule has 0 saturated carbocycles. The number of fused-ring (bicyclic) bond motifs is 3. The molecule has 1 fully saturated rings. The smallest absolute Gasteiger partial charge is 0.255 e. The molecule has 2 aromatic rings. The number of benzene rings is 2. The van der Waals surface area contributed by atoms with Gasteiger partial charge in [0, 0.05) is 33.9 Å². The van der Waals surface area contributed by atoms with Gasteiger partial charge in [-0.15, -0.1) is 12.4 Å². The molecule has 1 unspecified atom stereocenters. The molecule has 4 nitrogen and oxygen atoms in total. The minimum Gasteiger partial charge on any atom is -0.322 e. The number of nitrogens with zero attached hydrogens (tertiary/aromatic N) is 1. The maximum atomic E-state index is 12.7. The summed E-state index contributed by atoms with van der Waals surface area (Å²) in [6.45, 7) is 3.81. The third kappa shape index (κ3) is 4.10. The van der Waals surface area contributed by atoms with Crippen molar-refractivity contribution < 1.29 is 9.59 Å². The van der Waals surface area contributed by atoms with Crippen LogP contribution in [0.15, 0.2) is 40.9 Å². The Labute approximate surface area is 173 Å². The van der Waals surface area contributed by atoms with Crippen LogP contribution < -0.4 is 5.32 Å². The van der Waals surface area contributed by atoms with Crippen molar-refractivity contribution in [1.29, 1.82) is 0 Å². The van der Waals surface area contributed by atoms with E-state index in [1.54, 1.807) is 18.2 Å². The van der Waals surface area contributed by atoms with Crippen LogP contribution in [0.25, 0.3) is 0 Å². The summed E-state index contributed by atoms with van der Waals surface area (Å²) in [7, 11) is 0. The minimum absolute atomic E-state index is 0. The van der Waals surface area contributed by atoms with Crippen molar-refractivity contribution in [3.8, 4) is 0 Å². The Morgan fingerprint density at radius 3 is 2.67 bits per heavy atom. The van der Waals surface area contributed by atoms with Crippen LogP contribution in [0, 0.1) is 0 Å². The van der Waals surface area contributed by atoms with Gasteiger partial charge in [0.1, 0.15) is 0 Å². The summed E-state index contributed by atoms with van der Waals surface area (Å²) in [5.41, 5.74) is 4.56. The van der Waals surface area contributed by atoms with Crippen molar-refractivity contribution in [3.05, 3.63) is 63.1 Å². The van der Waals surface area contributed by atoms with Crippen LogP contribution in [0.2, 0.25) is 0 Å². The van der Waals surface area contributed by atoms with Gasteiger partial charge in [-0.05, 0) is 74.2 Å². The summed E-state index contributed by atoms with van der Waals surface area (Å²) in [6.07, 6.45) is 3.51. The zero-order chi connectivity index (χ0) is 18.3. The van der Waals surface area contributed by atoms with Gasteiger partial charge < -0.3 is 5.32 Å². The average Bonchev–Trinajstić information content (AvgIpc) is 3.10. The van der Waals surface area contributed by atoms with Gasteiger partial charge >= 0.3 is 0 Å². The number of carbonyl (C=O) groups excluding carboxylic acids is 2. The molecule has 1 amide bonds. The van der Waals surface area contributed by atoms with E-state index in [0.29, 0.717) is 17.2 Å². The first-order valence-electron chi connectivity index (χ1n) is 9.01. The van der Waals surface area contributed by atoms with Crippen molar-refractivity contribution in [2.24, 2.45) is 0 Å². The molecule has 0 bridgehead atoms. The topological polar surface area (TPSA) is 49.4 Å². The van der Waals surface area contributed by atoms with Crippen molar-refractivity contribution in [2.45, 2.75) is 32.2 Å². The van der Waals surface area contributed by atoms with Gasteiger partial charge in [0.25, 0.3) is 5.91 Å². The molecular formula is C21H22BrClN2O2. The van der Waals surface area contributed by atoms with Gasteiger partial charge in [-0.2, -0.15) is 0 Å². The van der Waals surface area contributed by atoms with E-state index in [1.165, 1.54) is 37.4 Å². The summed E-state index contributed by atoms with van der Waals surface area (Å²) < 4.78 is 0.724. The normalized spacial score (nSPS) is 18.2. The Balaban J connectivity index is 0.00000210. The Morgan fingerprint density at radius 1 is 1.11 bits per heavy atom. The van der Waals surface area contributed by atoms with Crippen molar-refractivity contribution in [1.82, 2.24) is 4.90 Å². The largest absolute Gasteiger partial charge is 0.322 e. The Bertz CT molecular complexity index is 900. The van der Waals surface area contributed by atoms with Crippen LogP contribution in [-0.4, -0.2) is 29.7 Å². The molecule has 142 valence electrons. The summed E-state index contributed by atoms with van der Waals surface area (Å²) in [5, 5.41) is 2.99. The standard InChI is InChI=1S/C21H21BrN2O2.ClH/c1-13(25)15-9-16(11-17(22)10-15)21(26)23-18-5-4-14-6-8-24-7-2-3-20(24)19(14)12-18;/h4-5,9-12,20H,2-3,6-8H2,1H3,(H,23,26);1H. The highest BCUT2D eigenvalue weighted by Crippen LogP contribution is 2.38. The van der Waals surface area contributed by atoms with Crippen LogP contribution >= 0.6 is 28.3 Å². The lowest BCUT2D eigenvalue weighted by atomic mass is 9.92. The van der Waals surface area contributed by atoms with Gasteiger partial charge in [-0.1, -0.05) is 22.0 Å². The fourth-order valence-corrected chi connectivity index (χ4v) is 4.54. The molecule has 1 atom stereocenters. The molecule has 2 heterocycles. The Morgan fingerprint density at radius 2 is 1.89 bits per heavy atom. The number of halogens is 2. The lowest BCUT2D eigenvalue weighted by Gasteiger charge is -2.32. The summed E-state index contributed by atoms with van der Waals surface area (Å²) in [6, 6.07) is 11.8. The second-order valence-corrected chi connectivity index (χ2v) is 8.01. The number of anilines is 1. The summed E-state index contributed by atoms with van der Waals surface area (Å²) in [4.78, 5) is 26.9. The van der Waals surface area contributed by atoms with E-state index in [0.717, 1.165) is 23.1 Å². The fourth-order valence-electron chi connectivity index (χ4n) is 4.05. The average molecular weight is 450 g/mol. The predicted molar refractivity (Wildman–Crippen MR) is 113 cm³/mol. The molecule has 2 aromatic carbocycles. The first-order chi connectivity index (χ1) is 12.5. The van der Waals surface area contributed by atoms with Crippen molar-refractivity contribution in [2.75, 3.05) is 18.4 Å². The number of amides is 1. The van der Waals surface area contributed by atoms with Crippen LogP contribution in [-0.2, 0) is 6.42 Å². The van der Waals surface area contributed by atoms with Crippen LogP contribution in [0.4, 0.5) is 5.69 Å². The van der Waals surface area contributed by atoms with E-state index < -0.39 is 0 Å². The number of ketones is 1. The summed E-state index contributed by atoms with van der Waals surface area (Å²) >= 11 is 3.38. The molecule has 27 heavy (non-hydrogen) atoms. The number of carbonyl (C=O) groups is 2. The molecule has 0 aromatic heterocycles.